The van der Waals surface area contributed by atoms with Crippen molar-refractivity contribution in [3.8, 4) is 11.5 Å². The molecule has 0 saturated carbocycles. The standard InChI is InChI=1S/C26H37N3O3/c1-20-6-7-22(17-21(20)2)5-4-10-28-26(30)19-23-8-9-24(25(18-23)31-3)32-16-15-29-13-11-27-12-14-29/h6-9,17-18,27H,4-5,10-16,19H2,1-3H3,(H,28,30). The van der Waals surface area contributed by atoms with Gasteiger partial charge in [0.2, 0.25) is 5.91 Å². The van der Waals surface area contributed by atoms with Crippen LogP contribution in [0.15, 0.2) is 36.4 Å². The highest BCUT2D eigenvalue weighted by Crippen LogP contribution is 2.28. The molecule has 1 fully saturated rings. The Morgan fingerprint density at radius 2 is 1.81 bits per heavy atom. The Morgan fingerprint density at radius 3 is 2.56 bits per heavy atom. The number of benzene rings is 2. The minimum Gasteiger partial charge on any atom is -0.493 e. The van der Waals surface area contributed by atoms with Crippen LogP contribution in [0.25, 0.3) is 0 Å². The fraction of sp³-hybridized carbons (Fsp3) is 0.500. The molecule has 1 heterocycles. The van der Waals surface area contributed by atoms with Gasteiger partial charge in [-0.2, -0.15) is 0 Å². The van der Waals surface area contributed by atoms with Gasteiger partial charge in [-0.25, -0.2) is 0 Å². The Hall–Kier alpha value is -2.57. The van der Waals surface area contributed by atoms with Crippen molar-refractivity contribution >= 4 is 5.91 Å². The smallest absolute Gasteiger partial charge is 0.224 e. The van der Waals surface area contributed by atoms with E-state index in [1.165, 1.54) is 16.7 Å². The molecule has 3 rings (SSSR count). The van der Waals surface area contributed by atoms with Crippen LogP contribution in [0.5, 0.6) is 11.5 Å². The van der Waals surface area contributed by atoms with Gasteiger partial charge < -0.3 is 20.1 Å². The van der Waals surface area contributed by atoms with E-state index in [0.717, 1.165) is 56.9 Å². The number of aryl methyl sites for hydroxylation is 3. The fourth-order valence-electron chi connectivity index (χ4n) is 3.89. The van der Waals surface area contributed by atoms with E-state index in [0.29, 0.717) is 25.3 Å². The molecule has 0 spiro atoms. The summed E-state index contributed by atoms with van der Waals surface area (Å²) >= 11 is 0. The lowest BCUT2D eigenvalue weighted by Gasteiger charge is -2.27. The van der Waals surface area contributed by atoms with E-state index in [4.69, 9.17) is 9.47 Å². The van der Waals surface area contributed by atoms with Gasteiger partial charge in [-0.3, -0.25) is 9.69 Å². The molecule has 1 amide bonds. The molecule has 2 N–H and O–H groups in total. The molecule has 1 aliphatic heterocycles. The number of carbonyl (C=O) groups is 1. The first-order chi connectivity index (χ1) is 15.5. The van der Waals surface area contributed by atoms with Crippen LogP contribution in [-0.4, -0.2) is 63.8 Å². The van der Waals surface area contributed by atoms with E-state index in [-0.39, 0.29) is 5.91 Å². The maximum Gasteiger partial charge on any atom is 0.224 e. The number of amides is 1. The first kappa shape index (κ1) is 24.1. The molecule has 0 aliphatic carbocycles. The first-order valence-corrected chi connectivity index (χ1v) is 11.6. The molecule has 0 radical (unpaired) electrons. The van der Waals surface area contributed by atoms with Crippen molar-refractivity contribution in [3.05, 3.63) is 58.7 Å². The lowest BCUT2D eigenvalue weighted by Crippen LogP contribution is -2.44. The predicted molar refractivity (Wildman–Crippen MR) is 129 cm³/mol. The van der Waals surface area contributed by atoms with E-state index in [2.05, 4.69) is 47.6 Å². The lowest BCUT2D eigenvalue weighted by molar-refractivity contribution is -0.120. The third-order valence-electron chi connectivity index (χ3n) is 6.00. The summed E-state index contributed by atoms with van der Waals surface area (Å²) in [4.78, 5) is 14.8. The SMILES string of the molecule is COc1cc(CC(=O)NCCCc2ccc(C)c(C)c2)ccc1OCCN1CCNCC1. The minimum absolute atomic E-state index is 0.0273. The molecule has 1 aliphatic rings. The second-order valence-corrected chi connectivity index (χ2v) is 8.47. The molecule has 0 unspecified atom stereocenters. The van der Waals surface area contributed by atoms with Gasteiger partial charge in [0.1, 0.15) is 6.61 Å². The molecule has 0 bridgehead atoms. The molecule has 0 aromatic heterocycles. The first-order valence-electron chi connectivity index (χ1n) is 11.6. The van der Waals surface area contributed by atoms with E-state index in [1.54, 1.807) is 7.11 Å². The van der Waals surface area contributed by atoms with E-state index >= 15 is 0 Å². The third kappa shape index (κ3) is 7.53. The number of nitrogens with zero attached hydrogens (tertiary/aromatic N) is 1. The average Bonchev–Trinajstić information content (AvgIpc) is 2.80. The van der Waals surface area contributed by atoms with Crippen LogP contribution in [0, 0.1) is 13.8 Å². The van der Waals surface area contributed by atoms with Crippen molar-refractivity contribution in [1.82, 2.24) is 15.5 Å². The zero-order valence-corrected chi connectivity index (χ0v) is 19.7. The summed E-state index contributed by atoms with van der Waals surface area (Å²) in [7, 11) is 1.63. The zero-order chi connectivity index (χ0) is 22.8. The number of piperazine rings is 1. The summed E-state index contributed by atoms with van der Waals surface area (Å²) in [5.74, 6) is 1.42. The van der Waals surface area contributed by atoms with Gasteiger partial charge in [0.25, 0.3) is 0 Å². The van der Waals surface area contributed by atoms with E-state index < -0.39 is 0 Å². The number of methoxy groups -OCH3 is 1. The summed E-state index contributed by atoms with van der Waals surface area (Å²) in [6.07, 6.45) is 2.23. The molecule has 1 saturated heterocycles. The molecule has 6 heteroatoms. The van der Waals surface area contributed by atoms with Crippen molar-refractivity contribution in [2.24, 2.45) is 0 Å². The largest absolute Gasteiger partial charge is 0.493 e. The number of hydrogen-bond acceptors (Lipinski definition) is 5. The van der Waals surface area contributed by atoms with Crippen LogP contribution >= 0.6 is 0 Å². The number of ether oxygens (including phenoxy) is 2. The molecule has 0 atom stereocenters. The summed E-state index contributed by atoms with van der Waals surface area (Å²) in [6, 6.07) is 12.3. The molecular formula is C26H37N3O3. The minimum atomic E-state index is 0.0273. The molecule has 6 nitrogen and oxygen atoms in total. The number of carbonyl (C=O) groups excluding carboxylic acids is 1. The summed E-state index contributed by atoms with van der Waals surface area (Å²) in [5.41, 5.74) is 4.87. The number of hydrogen-bond donors (Lipinski definition) is 2. The van der Waals surface area contributed by atoms with Gasteiger partial charge in [0.15, 0.2) is 11.5 Å². The molecule has 2 aromatic rings. The van der Waals surface area contributed by atoms with Gasteiger partial charge in [-0.15, -0.1) is 0 Å². The summed E-state index contributed by atoms with van der Waals surface area (Å²) < 4.78 is 11.4. The number of nitrogens with one attached hydrogen (secondary N) is 2. The van der Waals surface area contributed by atoms with Crippen molar-refractivity contribution in [1.29, 1.82) is 0 Å². The Balaban J connectivity index is 1.40. The summed E-state index contributed by atoms with van der Waals surface area (Å²) in [5, 5.41) is 6.38. The number of rotatable bonds is 11. The van der Waals surface area contributed by atoms with Crippen LogP contribution < -0.4 is 20.1 Å². The molecule has 174 valence electrons. The van der Waals surface area contributed by atoms with Gasteiger partial charge in [0.05, 0.1) is 13.5 Å². The second kappa shape index (κ2) is 12.5. The quantitative estimate of drug-likeness (QED) is 0.527. The Morgan fingerprint density at radius 1 is 1.03 bits per heavy atom. The zero-order valence-electron chi connectivity index (χ0n) is 19.7. The highest BCUT2D eigenvalue weighted by Gasteiger charge is 2.12. The van der Waals surface area contributed by atoms with Crippen molar-refractivity contribution in [3.63, 3.8) is 0 Å². The maximum absolute atomic E-state index is 12.4. The molecule has 32 heavy (non-hydrogen) atoms. The third-order valence-corrected chi connectivity index (χ3v) is 6.00. The Bertz CT molecular complexity index is 879. The molecular weight excluding hydrogens is 402 g/mol. The van der Waals surface area contributed by atoms with Crippen LogP contribution in [-0.2, 0) is 17.6 Å². The Labute approximate surface area is 192 Å². The highest BCUT2D eigenvalue weighted by atomic mass is 16.5. The van der Waals surface area contributed by atoms with E-state index in [9.17, 15) is 4.79 Å². The van der Waals surface area contributed by atoms with Crippen molar-refractivity contribution in [2.45, 2.75) is 33.1 Å². The average molecular weight is 440 g/mol. The predicted octanol–water partition coefficient (Wildman–Crippen LogP) is 2.89. The highest BCUT2D eigenvalue weighted by molar-refractivity contribution is 5.78. The van der Waals surface area contributed by atoms with Crippen LogP contribution in [0.2, 0.25) is 0 Å². The Kier molecular flexibility index (Phi) is 9.38. The van der Waals surface area contributed by atoms with Crippen LogP contribution in [0.4, 0.5) is 0 Å². The topological polar surface area (TPSA) is 62.8 Å². The maximum atomic E-state index is 12.4. The van der Waals surface area contributed by atoms with Gasteiger partial charge in [-0.1, -0.05) is 24.3 Å². The van der Waals surface area contributed by atoms with Crippen molar-refractivity contribution in [2.75, 3.05) is 53.0 Å². The molecule has 2 aromatic carbocycles. The van der Waals surface area contributed by atoms with Crippen LogP contribution in [0.3, 0.4) is 0 Å². The fourth-order valence-corrected chi connectivity index (χ4v) is 3.89. The lowest BCUT2D eigenvalue weighted by atomic mass is 10.0. The van der Waals surface area contributed by atoms with Crippen molar-refractivity contribution < 1.29 is 14.3 Å². The van der Waals surface area contributed by atoms with Crippen LogP contribution in [0.1, 0.15) is 28.7 Å². The summed E-state index contributed by atoms with van der Waals surface area (Å²) in [6.45, 7) is 10.6. The van der Waals surface area contributed by atoms with Gasteiger partial charge in [0, 0.05) is 39.3 Å². The monoisotopic (exact) mass is 439 g/mol. The van der Waals surface area contributed by atoms with Gasteiger partial charge in [-0.05, 0) is 61.1 Å². The second-order valence-electron chi connectivity index (χ2n) is 8.47. The van der Waals surface area contributed by atoms with E-state index in [1.807, 2.05) is 18.2 Å². The normalized spacial score (nSPS) is 14.2. The van der Waals surface area contributed by atoms with Gasteiger partial charge >= 0.3 is 0 Å².